The van der Waals surface area contributed by atoms with E-state index in [2.05, 4.69) is 20.1 Å². The van der Waals surface area contributed by atoms with Crippen molar-refractivity contribution in [1.29, 1.82) is 0 Å². The molecule has 0 saturated carbocycles. The molecule has 136 valence electrons. The molecule has 0 aliphatic carbocycles. The third-order valence-corrected chi connectivity index (χ3v) is 3.98. The van der Waals surface area contributed by atoms with E-state index in [9.17, 15) is 18.0 Å². The number of aromatic nitrogens is 3. The molecular formula is C15H17F3N4O3. The Morgan fingerprint density at radius 1 is 1.44 bits per heavy atom. The second-order valence-electron chi connectivity index (χ2n) is 5.99. The largest absolute Gasteiger partial charge is 0.436 e. The maximum atomic E-state index is 12.5. The fourth-order valence-corrected chi connectivity index (χ4v) is 2.93. The molecule has 0 fully saturated rings. The van der Waals surface area contributed by atoms with E-state index in [-0.39, 0.29) is 24.5 Å². The predicted molar refractivity (Wildman–Crippen MR) is 78.5 cm³/mol. The van der Waals surface area contributed by atoms with Crippen LogP contribution in [0.2, 0.25) is 0 Å². The van der Waals surface area contributed by atoms with Crippen LogP contribution in [0, 0.1) is 0 Å². The van der Waals surface area contributed by atoms with Gasteiger partial charge < -0.3 is 14.6 Å². The van der Waals surface area contributed by atoms with E-state index in [1.165, 1.54) is 4.68 Å². The Kier molecular flexibility index (Phi) is 4.31. The van der Waals surface area contributed by atoms with Crippen LogP contribution in [0.25, 0.3) is 0 Å². The molecule has 0 unspecified atom stereocenters. The van der Waals surface area contributed by atoms with E-state index < -0.39 is 17.8 Å². The molecule has 1 amide bonds. The number of halogens is 3. The number of rotatable bonds is 3. The Balaban J connectivity index is 1.75. The first-order valence-electron chi connectivity index (χ1n) is 7.69. The molecule has 0 aromatic carbocycles. The van der Waals surface area contributed by atoms with Gasteiger partial charge in [-0.3, -0.25) is 9.48 Å². The summed E-state index contributed by atoms with van der Waals surface area (Å²) in [5.74, 6) is -0.524. The van der Waals surface area contributed by atoms with E-state index in [4.69, 9.17) is 4.74 Å². The molecule has 3 heterocycles. The summed E-state index contributed by atoms with van der Waals surface area (Å²) in [6, 6.07) is 0.761. The lowest BCUT2D eigenvalue weighted by Gasteiger charge is -2.24. The van der Waals surface area contributed by atoms with E-state index in [1.54, 1.807) is 7.05 Å². The van der Waals surface area contributed by atoms with Crippen molar-refractivity contribution in [2.45, 2.75) is 45.2 Å². The number of aryl methyl sites for hydroxylation is 1. The van der Waals surface area contributed by atoms with Crippen LogP contribution >= 0.6 is 0 Å². The lowest BCUT2D eigenvalue weighted by Crippen LogP contribution is -2.28. The summed E-state index contributed by atoms with van der Waals surface area (Å²) in [6.45, 7) is 3.56. The van der Waals surface area contributed by atoms with Gasteiger partial charge in [-0.2, -0.15) is 18.3 Å². The summed E-state index contributed by atoms with van der Waals surface area (Å²) in [5.41, 5.74) is 0.728. The van der Waals surface area contributed by atoms with Crippen LogP contribution in [0.5, 0.6) is 0 Å². The Hall–Kier alpha value is -2.36. The second kappa shape index (κ2) is 6.17. The third kappa shape index (κ3) is 3.39. The van der Waals surface area contributed by atoms with Crippen molar-refractivity contribution in [2.75, 3.05) is 0 Å². The molecule has 7 nitrogen and oxygen atoms in total. The molecule has 3 rings (SSSR count). The second-order valence-corrected chi connectivity index (χ2v) is 5.99. The topological polar surface area (TPSA) is 82.2 Å². The zero-order chi connectivity index (χ0) is 18.4. The van der Waals surface area contributed by atoms with Crippen molar-refractivity contribution in [1.82, 2.24) is 20.3 Å². The predicted octanol–water partition coefficient (Wildman–Crippen LogP) is 2.38. The van der Waals surface area contributed by atoms with E-state index in [1.807, 2.05) is 13.8 Å². The summed E-state index contributed by atoms with van der Waals surface area (Å²) < 4.78 is 49.3. The van der Waals surface area contributed by atoms with Gasteiger partial charge in [0, 0.05) is 25.1 Å². The first-order valence-corrected chi connectivity index (χ1v) is 7.69. The van der Waals surface area contributed by atoms with Gasteiger partial charge >= 0.3 is 6.18 Å². The van der Waals surface area contributed by atoms with E-state index in [0.717, 1.165) is 11.6 Å². The van der Waals surface area contributed by atoms with Gasteiger partial charge in [-0.15, -0.1) is 0 Å². The van der Waals surface area contributed by atoms with Crippen molar-refractivity contribution < 1.29 is 27.2 Å². The lowest BCUT2D eigenvalue weighted by molar-refractivity contribution is -0.142. The highest BCUT2D eigenvalue weighted by molar-refractivity contribution is 5.94. The number of fused-ring (bicyclic) bond motifs is 1. The highest BCUT2D eigenvalue weighted by Gasteiger charge is 2.35. The van der Waals surface area contributed by atoms with Gasteiger partial charge in [-0.05, 0) is 13.8 Å². The summed E-state index contributed by atoms with van der Waals surface area (Å²) in [5, 5.41) is 9.82. The maximum absolute atomic E-state index is 12.5. The highest BCUT2D eigenvalue weighted by Crippen LogP contribution is 2.31. The van der Waals surface area contributed by atoms with Crippen LogP contribution in [0.1, 0.15) is 53.2 Å². The van der Waals surface area contributed by atoms with Crippen LogP contribution < -0.4 is 5.32 Å². The van der Waals surface area contributed by atoms with Crippen molar-refractivity contribution in [3.63, 3.8) is 0 Å². The lowest BCUT2D eigenvalue weighted by atomic mass is 9.99. The first-order chi connectivity index (χ1) is 11.7. The average Bonchev–Trinajstić information content (AvgIpc) is 3.09. The molecule has 10 heteroatoms. The van der Waals surface area contributed by atoms with Gasteiger partial charge in [0.05, 0.1) is 24.4 Å². The molecule has 0 radical (unpaired) electrons. The summed E-state index contributed by atoms with van der Waals surface area (Å²) in [7, 11) is 1.64. The maximum Gasteiger partial charge on any atom is 0.436 e. The number of hydrogen-bond acceptors (Lipinski definition) is 5. The number of amides is 1. The molecule has 0 spiro atoms. The molecule has 2 atom stereocenters. The molecule has 1 aliphatic rings. The number of nitrogens with zero attached hydrogens (tertiary/aromatic N) is 3. The summed E-state index contributed by atoms with van der Waals surface area (Å²) in [4.78, 5) is 12.5. The standard InChI is InChI=1S/C15H17F3N4O3/c1-7-4-10-12(8(2)24-7)20-22(3)13(10)14(23)19-6-9-5-11(21-25-9)15(16,17)18/h5,7-8H,4,6H2,1-3H3,(H,19,23)/t7-,8+/m1/s1. The van der Waals surface area contributed by atoms with Crippen LogP contribution in [0.15, 0.2) is 10.6 Å². The Labute approximate surface area is 141 Å². The third-order valence-electron chi connectivity index (χ3n) is 3.98. The Morgan fingerprint density at radius 3 is 2.80 bits per heavy atom. The Bertz CT molecular complexity index is 797. The van der Waals surface area contributed by atoms with Gasteiger partial charge in [0.15, 0.2) is 11.5 Å². The summed E-state index contributed by atoms with van der Waals surface area (Å²) in [6.07, 6.45) is -4.33. The van der Waals surface area contributed by atoms with Crippen molar-refractivity contribution in [2.24, 2.45) is 7.05 Å². The van der Waals surface area contributed by atoms with Crippen molar-refractivity contribution in [3.05, 3.63) is 34.5 Å². The first kappa shape index (κ1) is 17.5. The molecule has 1 aliphatic heterocycles. The van der Waals surface area contributed by atoms with Crippen LogP contribution in [-0.2, 0) is 30.9 Å². The quantitative estimate of drug-likeness (QED) is 0.911. The van der Waals surface area contributed by atoms with Gasteiger partial charge in [-0.1, -0.05) is 5.16 Å². The zero-order valence-corrected chi connectivity index (χ0v) is 13.8. The highest BCUT2D eigenvalue weighted by atomic mass is 19.4. The number of carbonyl (C=O) groups is 1. The van der Waals surface area contributed by atoms with Crippen LogP contribution in [-0.4, -0.2) is 26.9 Å². The minimum absolute atomic E-state index is 0.0538. The van der Waals surface area contributed by atoms with Gasteiger partial charge in [0.1, 0.15) is 5.69 Å². The number of alkyl halides is 3. The fraction of sp³-hybridized carbons (Fsp3) is 0.533. The molecule has 25 heavy (non-hydrogen) atoms. The van der Waals surface area contributed by atoms with Crippen LogP contribution in [0.3, 0.4) is 0 Å². The normalized spacial score (nSPS) is 20.4. The van der Waals surface area contributed by atoms with Gasteiger partial charge in [-0.25, -0.2) is 0 Å². The number of nitrogens with one attached hydrogen (secondary N) is 1. The van der Waals surface area contributed by atoms with Gasteiger partial charge in [0.25, 0.3) is 5.91 Å². The monoisotopic (exact) mass is 358 g/mol. The zero-order valence-electron chi connectivity index (χ0n) is 13.8. The molecule has 1 N–H and O–H groups in total. The molecule has 2 aromatic rings. The van der Waals surface area contributed by atoms with Crippen molar-refractivity contribution in [3.8, 4) is 0 Å². The number of hydrogen-bond donors (Lipinski definition) is 1. The molecular weight excluding hydrogens is 341 g/mol. The minimum Gasteiger partial charge on any atom is -0.369 e. The molecule has 0 bridgehead atoms. The fourth-order valence-electron chi connectivity index (χ4n) is 2.93. The van der Waals surface area contributed by atoms with Gasteiger partial charge in [0.2, 0.25) is 0 Å². The molecule has 2 aromatic heterocycles. The molecule has 0 saturated heterocycles. The smallest absolute Gasteiger partial charge is 0.369 e. The van der Waals surface area contributed by atoms with Crippen molar-refractivity contribution >= 4 is 5.91 Å². The number of carbonyl (C=O) groups excluding carboxylic acids is 1. The summed E-state index contributed by atoms with van der Waals surface area (Å²) >= 11 is 0. The Morgan fingerprint density at radius 2 is 2.16 bits per heavy atom. The SMILES string of the molecule is C[C@@H]1Cc2c(nn(C)c2C(=O)NCc2cc(C(F)(F)F)no2)[C@H](C)O1. The number of ether oxygens (including phenoxy) is 1. The minimum atomic E-state index is -4.58. The van der Waals surface area contributed by atoms with E-state index in [0.29, 0.717) is 17.8 Å². The van der Waals surface area contributed by atoms with E-state index >= 15 is 0 Å². The average molecular weight is 358 g/mol. The van der Waals surface area contributed by atoms with Crippen LogP contribution in [0.4, 0.5) is 13.2 Å².